The van der Waals surface area contributed by atoms with Gasteiger partial charge in [0.05, 0.1) is 23.7 Å². The van der Waals surface area contributed by atoms with Gasteiger partial charge in [-0.25, -0.2) is 4.79 Å². The van der Waals surface area contributed by atoms with E-state index in [1.165, 1.54) is 9.80 Å². The Kier molecular flexibility index (Phi) is 2.40. The quantitative estimate of drug-likeness (QED) is 0.831. The summed E-state index contributed by atoms with van der Waals surface area (Å²) in [5, 5.41) is 9.24. The summed E-state index contributed by atoms with van der Waals surface area (Å²) in [5.41, 5.74) is 0.824. The lowest BCUT2D eigenvalue weighted by atomic mass is 10.1. The van der Waals surface area contributed by atoms with Crippen LogP contribution in [0.25, 0.3) is 0 Å². The molecule has 6 nitrogen and oxygen atoms in total. The number of amides is 3. The van der Waals surface area contributed by atoms with Crippen LogP contribution < -0.4 is 0 Å². The fourth-order valence-electron chi connectivity index (χ4n) is 3.62. The van der Waals surface area contributed by atoms with Gasteiger partial charge < -0.3 is 10.0 Å². The molecule has 1 saturated carbocycles. The molecule has 3 aliphatic rings. The molecule has 21 heavy (non-hydrogen) atoms. The number of nitrogens with zero attached hydrogens (tertiary/aromatic N) is 2. The van der Waals surface area contributed by atoms with Crippen molar-refractivity contribution in [2.75, 3.05) is 13.1 Å². The first-order valence-electron chi connectivity index (χ1n) is 7.02. The number of carboxylic acid groups (broad SMARTS) is 1. The van der Waals surface area contributed by atoms with Crippen molar-refractivity contribution in [3.63, 3.8) is 0 Å². The highest BCUT2D eigenvalue weighted by Crippen LogP contribution is 2.50. The SMILES string of the molecule is O=C1c2ccccc2C(=O)N1C[C@@H]1[C@H]2C[C@H]2CN1C(=O)O. The van der Waals surface area contributed by atoms with Gasteiger partial charge in [0, 0.05) is 6.54 Å². The third-order valence-corrected chi connectivity index (χ3v) is 4.80. The number of carbonyl (C=O) groups is 3. The summed E-state index contributed by atoms with van der Waals surface area (Å²) in [6, 6.07) is 6.47. The average Bonchev–Trinajstić information content (AvgIpc) is 3.10. The molecule has 3 amide bonds. The van der Waals surface area contributed by atoms with Crippen molar-refractivity contribution in [2.24, 2.45) is 11.8 Å². The van der Waals surface area contributed by atoms with Crippen LogP contribution in [0.2, 0.25) is 0 Å². The van der Waals surface area contributed by atoms with E-state index in [0.29, 0.717) is 29.5 Å². The van der Waals surface area contributed by atoms with Crippen LogP contribution in [0.4, 0.5) is 4.79 Å². The summed E-state index contributed by atoms with van der Waals surface area (Å²) in [7, 11) is 0. The Balaban J connectivity index is 1.60. The number of carbonyl (C=O) groups excluding carboxylic acids is 2. The van der Waals surface area contributed by atoms with E-state index in [-0.39, 0.29) is 24.4 Å². The molecule has 1 aliphatic carbocycles. The van der Waals surface area contributed by atoms with Crippen molar-refractivity contribution in [1.82, 2.24) is 9.80 Å². The van der Waals surface area contributed by atoms with E-state index in [4.69, 9.17) is 0 Å². The van der Waals surface area contributed by atoms with E-state index in [2.05, 4.69) is 0 Å². The number of hydrogen-bond acceptors (Lipinski definition) is 3. The van der Waals surface area contributed by atoms with Gasteiger partial charge in [0.1, 0.15) is 0 Å². The first kappa shape index (κ1) is 12.4. The molecule has 1 N–H and O–H groups in total. The number of piperidine rings is 1. The number of imide groups is 1. The maximum atomic E-state index is 12.3. The zero-order valence-corrected chi connectivity index (χ0v) is 11.2. The first-order valence-corrected chi connectivity index (χ1v) is 7.02. The summed E-state index contributed by atoms with van der Waals surface area (Å²) < 4.78 is 0. The van der Waals surface area contributed by atoms with Crippen LogP contribution in [0, 0.1) is 11.8 Å². The third kappa shape index (κ3) is 1.68. The normalized spacial score (nSPS) is 29.6. The second-order valence-corrected chi connectivity index (χ2v) is 5.93. The Hall–Kier alpha value is -2.37. The van der Waals surface area contributed by atoms with Gasteiger partial charge in [0.15, 0.2) is 0 Å². The maximum Gasteiger partial charge on any atom is 0.407 e. The Morgan fingerprint density at radius 3 is 2.38 bits per heavy atom. The fourth-order valence-corrected chi connectivity index (χ4v) is 3.62. The summed E-state index contributed by atoms with van der Waals surface area (Å²) in [6.07, 6.45) is 0.0289. The molecular weight excluding hydrogens is 272 g/mol. The van der Waals surface area contributed by atoms with Gasteiger partial charge in [-0.3, -0.25) is 14.5 Å². The van der Waals surface area contributed by atoms with Gasteiger partial charge >= 0.3 is 6.09 Å². The fraction of sp³-hybridized carbons (Fsp3) is 0.400. The highest BCUT2D eigenvalue weighted by Gasteiger charge is 2.55. The molecule has 2 aliphatic heterocycles. The van der Waals surface area contributed by atoms with Gasteiger partial charge in [-0.15, -0.1) is 0 Å². The van der Waals surface area contributed by atoms with Crippen LogP contribution in [0.15, 0.2) is 24.3 Å². The van der Waals surface area contributed by atoms with E-state index in [1.54, 1.807) is 24.3 Å². The minimum atomic E-state index is -0.969. The number of fused-ring (bicyclic) bond motifs is 2. The molecule has 0 bridgehead atoms. The largest absolute Gasteiger partial charge is 0.465 e. The molecule has 4 rings (SSSR count). The molecule has 108 valence electrons. The first-order chi connectivity index (χ1) is 10.1. The Labute approximate surface area is 120 Å². The molecule has 0 aromatic heterocycles. The lowest BCUT2D eigenvalue weighted by Crippen LogP contribution is -2.46. The van der Waals surface area contributed by atoms with Crippen molar-refractivity contribution in [2.45, 2.75) is 12.5 Å². The van der Waals surface area contributed by atoms with Crippen LogP contribution in [0.3, 0.4) is 0 Å². The minimum Gasteiger partial charge on any atom is -0.465 e. The molecular formula is C15H14N2O4. The minimum absolute atomic E-state index is 0.166. The van der Waals surface area contributed by atoms with Gasteiger partial charge in [0.25, 0.3) is 11.8 Å². The van der Waals surface area contributed by atoms with Crippen LogP contribution in [0.1, 0.15) is 27.1 Å². The van der Waals surface area contributed by atoms with E-state index < -0.39 is 6.09 Å². The van der Waals surface area contributed by atoms with Crippen LogP contribution in [-0.2, 0) is 0 Å². The van der Waals surface area contributed by atoms with Crippen molar-refractivity contribution >= 4 is 17.9 Å². The van der Waals surface area contributed by atoms with E-state index in [9.17, 15) is 19.5 Å². The number of rotatable bonds is 2. The van der Waals surface area contributed by atoms with Crippen molar-refractivity contribution in [1.29, 1.82) is 0 Å². The molecule has 1 saturated heterocycles. The molecule has 2 heterocycles. The summed E-state index contributed by atoms with van der Waals surface area (Å²) in [5.74, 6) is 0.0711. The van der Waals surface area contributed by atoms with Gasteiger partial charge in [-0.05, 0) is 30.4 Å². The number of hydrogen-bond donors (Lipinski definition) is 1. The monoisotopic (exact) mass is 286 g/mol. The maximum absolute atomic E-state index is 12.3. The summed E-state index contributed by atoms with van der Waals surface area (Å²) in [6.45, 7) is 0.688. The molecule has 0 radical (unpaired) electrons. The molecule has 6 heteroatoms. The lowest BCUT2D eigenvalue weighted by Gasteiger charge is -2.27. The summed E-state index contributed by atoms with van der Waals surface area (Å²) >= 11 is 0. The molecule has 0 spiro atoms. The molecule has 1 aromatic carbocycles. The number of benzene rings is 1. The van der Waals surface area contributed by atoms with Gasteiger partial charge in [-0.2, -0.15) is 0 Å². The molecule has 2 fully saturated rings. The van der Waals surface area contributed by atoms with Crippen molar-refractivity contribution in [3.05, 3.63) is 35.4 Å². The van der Waals surface area contributed by atoms with Crippen molar-refractivity contribution < 1.29 is 19.5 Å². The van der Waals surface area contributed by atoms with Gasteiger partial charge in [-0.1, -0.05) is 12.1 Å². The predicted molar refractivity (Wildman–Crippen MR) is 71.9 cm³/mol. The average molecular weight is 286 g/mol. The predicted octanol–water partition coefficient (Wildman–Crippen LogP) is 1.28. The Morgan fingerprint density at radius 1 is 1.19 bits per heavy atom. The highest BCUT2D eigenvalue weighted by atomic mass is 16.4. The Morgan fingerprint density at radius 2 is 1.81 bits per heavy atom. The van der Waals surface area contributed by atoms with E-state index in [0.717, 1.165) is 6.42 Å². The highest BCUT2D eigenvalue weighted by molar-refractivity contribution is 6.21. The van der Waals surface area contributed by atoms with Crippen LogP contribution >= 0.6 is 0 Å². The summed E-state index contributed by atoms with van der Waals surface area (Å²) in [4.78, 5) is 38.5. The smallest absolute Gasteiger partial charge is 0.407 e. The molecule has 0 unspecified atom stereocenters. The standard InChI is InChI=1S/C15H14N2O4/c18-13-9-3-1-2-4-10(9)14(19)17(13)7-12-11-5-8(11)6-16(12)15(20)21/h1-4,8,11-12H,5-7H2,(H,20,21)/t8-,11-,12+/m0/s1. The van der Waals surface area contributed by atoms with E-state index in [1.807, 2.05) is 0 Å². The Bertz CT molecular complexity index is 636. The zero-order valence-electron chi connectivity index (χ0n) is 11.2. The molecule has 3 atom stereocenters. The van der Waals surface area contributed by atoms with Gasteiger partial charge in [0.2, 0.25) is 0 Å². The van der Waals surface area contributed by atoms with Crippen molar-refractivity contribution in [3.8, 4) is 0 Å². The topological polar surface area (TPSA) is 77.9 Å². The molecule has 1 aromatic rings. The zero-order chi connectivity index (χ0) is 14.7. The van der Waals surface area contributed by atoms with Crippen LogP contribution in [0.5, 0.6) is 0 Å². The third-order valence-electron chi connectivity index (χ3n) is 4.80. The second kappa shape index (κ2) is 4.07. The second-order valence-electron chi connectivity index (χ2n) is 5.93. The van der Waals surface area contributed by atoms with Crippen LogP contribution in [-0.4, -0.2) is 51.9 Å². The van der Waals surface area contributed by atoms with E-state index >= 15 is 0 Å². The number of likely N-dealkylation sites (tertiary alicyclic amines) is 1. The lowest BCUT2D eigenvalue weighted by molar-refractivity contribution is 0.0589.